The van der Waals surface area contributed by atoms with E-state index in [1.165, 1.54) is 12.1 Å². The molecule has 0 spiro atoms. The molecule has 0 aliphatic heterocycles. The SMILES string of the molecule is CN(C)c1noc(CS(=O)(=O)c2ccccc2Cl)n1. The quantitative estimate of drug-likeness (QED) is 0.856. The molecular formula is C11H12ClN3O3S. The number of hydrogen-bond donors (Lipinski definition) is 0. The van der Waals surface area contributed by atoms with Crippen LogP contribution in [-0.4, -0.2) is 32.7 Å². The first kappa shape index (κ1) is 13.8. The summed E-state index contributed by atoms with van der Waals surface area (Å²) < 4.78 is 29.2. The van der Waals surface area contributed by atoms with Crippen LogP contribution in [0.2, 0.25) is 5.02 Å². The summed E-state index contributed by atoms with van der Waals surface area (Å²) in [6.07, 6.45) is 0. The Morgan fingerprint density at radius 1 is 1.32 bits per heavy atom. The second-order valence-electron chi connectivity index (χ2n) is 4.07. The van der Waals surface area contributed by atoms with E-state index in [1.54, 1.807) is 31.1 Å². The Hall–Kier alpha value is -1.60. The smallest absolute Gasteiger partial charge is 0.265 e. The molecule has 0 fully saturated rings. The highest BCUT2D eigenvalue weighted by Crippen LogP contribution is 2.24. The van der Waals surface area contributed by atoms with Crippen molar-refractivity contribution < 1.29 is 12.9 Å². The van der Waals surface area contributed by atoms with Gasteiger partial charge in [-0.3, -0.25) is 0 Å². The standard InChI is InChI=1S/C11H12ClN3O3S/c1-15(2)11-13-10(18-14-11)7-19(16,17)9-6-4-3-5-8(9)12/h3-6H,7H2,1-2H3. The first-order valence-corrected chi connectivity index (χ1v) is 7.40. The minimum Gasteiger partial charge on any atom is -0.344 e. The molecule has 8 heteroatoms. The van der Waals surface area contributed by atoms with Gasteiger partial charge in [-0.2, -0.15) is 4.98 Å². The monoisotopic (exact) mass is 301 g/mol. The molecule has 2 aromatic rings. The van der Waals surface area contributed by atoms with Crippen molar-refractivity contribution in [2.24, 2.45) is 0 Å². The van der Waals surface area contributed by atoms with Gasteiger partial charge in [-0.25, -0.2) is 8.42 Å². The molecule has 0 radical (unpaired) electrons. The van der Waals surface area contributed by atoms with Gasteiger partial charge >= 0.3 is 0 Å². The largest absolute Gasteiger partial charge is 0.344 e. The molecule has 1 aromatic carbocycles. The van der Waals surface area contributed by atoms with Crippen molar-refractivity contribution in [2.75, 3.05) is 19.0 Å². The Morgan fingerprint density at radius 3 is 2.58 bits per heavy atom. The van der Waals surface area contributed by atoms with E-state index in [1.807, 2.05) is 0 Å². The second kappa shape index (κ2) is 5.18. The van der Waals surface area contributed by atoms with Crippen molar-refractivity contribution in [3.05, 3.63) is 35.2 Å². The summed E-state index contributed by atoms with van der Waals surface area (Å²) in [5, 5.41) is 3.83. The zero-order chi connectivity index (χ0) is 14.0. The molecule has 1 aromatic heterocycles. The summed E-state index contributed by atoms with van der Waals surface area (Å²) in [6, 6.07) is 6.24. The molecule has 0 bridgehead atoms. The van der Waals surface area contributed by atoms with Gasteiger partial charge < -0.3 is 9.42 Å². The first-order chi connectivity index (χ1) is 8.90. The van der Waals surface area contributed by atoms with Gasteiger partial charge in [0.1, 0.15) is 5.75 Å². The number of sulfone groups is 1. The fraction of sp³-hybridized carbons (Fsp3) is 0.273. The van der Waals surface area contributed by atoms with E-state index >= 15 is 0 Å². The number of anilines is 1. The van der Waals surface area contributed by atoms with Crippen molar-refractivity contribution in [3.63, 3.8) is 0 Å². The Labute approximate surface area is 115 Å². The van der Waals surface area contributed by atoms with Crippen LogP contribution < -0.4 is 4.90 Å². The van der Waals surface area contributed by atoms with Crippen molar-refractivity contribution in [2.45, 2.75) is 10.6 Å². The van der Waals surface area contributed by atoms with E-state index in [9.17, 15) is 8.42 Å². The van der Waals surface area contributed by atoms with Gasteiger partial charge in [-0.15, -0.1) is 0 Å². The third kappa shape index (κ3) is 3.05. The van der Waals surface area contributed by atoms with Crippen LogP contribution in [0.25, 0.3) is 0 Å². The van der Waals surface area contributed by atoms with E-state index in [-0.39, 0.29) is 21.6 Å². The average Bonchev–Trinajstić information content (AvgIpc) is 2.77. The minimum absolute atomic E-state index is 0.0311. The average molecular weight is 302 g/mol. The molecule has 0 amide bonds. The summed E-state index contributed by atoms with van der Waals surface area (Å²) in [4.78, 5) is 5.65. The molecule has 0 unspecified atom stereocenters. The van der Waals surface area contributed by atoms with Crippen LogP contribution in [0.1, 0.15) is 5.89 Å². The number of benzene rings is 1. The fourth-order valence-electron chi connectivity index (χ4n) is 1.42. The third-order valence-corrected chi connectivity index (χ3v) is 4.44. The topological polar surface area (TPSA) is 76.3 Å². The predicted molar refractivity (Wildman–Crippen MR) is 71.0 cm³/mol. The van der Waals surface area contributed by atoms with Gasteiger partial charge in [0.15, 0.2) is 9.84 Å². The molecule has 0 saturated carbocycles. The number of rotatable bonds is 4. The molecule has 2 rings (SSSR count). The maximum absolute atomic E-state index is 12.2. The van der Waals surface area contributed by atoms with Gasteiger partial charge in [0.2, 0.25) is 5.89 Å². The number of halogens is 1. The minimum atomic E-state index is -3.60. The van der Waals surface area contributed by atoms with Crippen molar-refractivity contribution in [1.29, 1.82) is 0 Å². The highest BCUT2D eigenvalue weighted by molar-refractivity contribution is 7.90. The summed E-state index contributed by atoms with van der Waals surface area (Å²) in [5.74, 6) is -0.0228. The molecule has 0 aliphatic rings. The van der Waals surface area contributed by atoms with E-state index in [4.69, 9.17) is 16.1 Å². The highest BCUT2D eigenvalue weighted by Gasteiger charge is 2.22. The lowest BCUT2D eigenvalue weighted by atomic mass is 10.4. The lowest BCUT2D eigenvalue weighted by Gasteiger charge is -2.04. The maximum atomic E-state index is 12.2. The summed E-state index contributed by atoms with van der Waals surface area (Å²) in [5.41, 5.74) is 0. The van der Waals surface area contributed by atoms with Crippen molar-refractivity contribution >= 4 is 27.4 Å². The number of nitrogens with zero attached hydrogens (tertiary/aromatic N) is 3. The van der Waals surface area contributed by atoms with Crippen LogP contribution in [0.4, 0.5) is 5.95 Å². The van der Waals surface area contributed by atoms with Crippen molar-refractivity contribution in [3.8, 4) is 0 Å². The van der Waals surface area contributed by atoms with E-state index < -0.39 is 9.84 Å². The fourth-order valence-corrected chi connectivity index (χ4v) is 3.16. The van der Waals surface area contributed by atoms with Crippen LogP contribution in [0.15, 0.2) is 33.7 Å². The number of aromatic nitrogens is 2. The zero-order valence-electron chi connectivity index (χ0n) is 10.4. The molecule has 19 heavy (non-hydrogen) atoms. The predicted octanol–water partition coefficient (Wildman–Crippen LogP) is 1.76. The molecule has 6 nitrogen and oxygen atoms in total. The van der Waals surface area contributed by atoms with Crippen LogP contribution in [0.5, 0.6) is 0 Å². The Morgan fingerprint density at radius 2 is 2.00 bits per heavy atom. The van der Waals surface area contributed by atoms with E-state index in [0.717, 1.165) is 0 Å². The lowest BCUT2D eigenvalue weighted by Crippen LogP contribution is -2.11. The highest BCUT2D eigenvalue weighted by atomic mass is 35.5. The van der Waals surface area contributed by atoms with Gasteiger partial charge in [0, 0.05) is 14.1 Å². The number of hydrogen-bond acceptors (Lipinski definition) is 6. The van der Waals surface area contributed by atoms with Gasteiger partial charge in [0.25, 0.3) is 5.95 Å². The Kier molecular flexibility index (Phi) is 3.77. The normalized spacial score (nSPS) is 11.5. The zero-order valence-corrected chi connectivity index (χ0v) is 11.9. The van der Waals surface area contributed by atoms with Crippen LogP contribution in [0.3, 0.4) is 0 Å². The summed E-state index contributed by atoms with van der Waals surface area (Å²) in [7, 11) is -0.136. The molecule has 0 N–H and O–H groups in total. The van der Waals surface area contributed by atoms with Crippen molar-refractivity contribution in [1.82, 2.24) is 10.1 Å². The van der Waals surface area contributed by atoms with Gasteiger partial charge in [-0.05, 0) is 17.3 Å². The summed E-state index contributed by atoms with van der Waals surface area (Å²) >= 11 is 5.88. The van der Waals surface area contributed by atoms with Gasteiger partial charge in [-0.1, -0.05) is 23.7 Å². The Balaban J connectivity index is 2.29. The maximum Gasteiger partial charge on any atom is 0.265 e. The Bertz CT molecular complexity index is 682. The van der Waals surface area contributed by atoms with Crippen LogP contribution >= 0.6 is 11.6 Å². The molecule has 102 valence electrons. The molecule has 1 heterocycles. The third-order valence-electron chi connectivity index (χ3n) is 2.34. The van der Waals surface area contributed by atoms with Crippen LogP contribution in [-0.2, 0) is 15.6 Å². The second-order valence-corrected chi connectivity index (χ2v) is 6.44. The summed E-state index contributed by atoms with van der Waals surface area (Å²) in [6.45, 7) is 0. The molecular weight excluding hydrogens is 290 g/mol. The lowest BCUT2D eigenvalue weighted by molar-refractivity contribution is 0.388. The van der Waals surface area contributed by atoms with E-state index in [0.29, 0.717) is 5.95 Å². The molecule has 0 aliphatic carbocycles. The first-order valence-electron chi connectivity index (χ1n) is 5.37. The van der Waals surface area contributed by atoms with Crippen LogP contribution in [0, 0.1) is 0 Å². The molecule has 0 saturated heterocycles. The van der Waals surface area contributed by atoms with E-state index in [2.05, 4.69) is 10.1 Å². The molecule has 0 atom stereocenters. The van der Waals surface area contributed by atoms with Gasteiger partial charge in [0.05, 0.1) is 9.92 Å².